The van der Waals surface area contributed by atoms with Gasteiger partial charge in [-0.1, -0.05) is 25.8 Å². The van der Waals surface area contributed by atoms with E-state index in [2.05, 4.69) is 6.92 Å². The average Bonchev–Trinajstić information content (AvgIpc) is 2.35. The summed E-state index contributed by atoms with van der Waals surface area (Å²) >= 11 is 0. The Kier molecular flexibility index (Phi) is 6.05. The fourth-order valence-electron chi connectivity index (χ4n) is 1.64. The molecular weight excluding hydrogens is 232 g/mol. The molecule has 0 aliphatic heterocycles. The van der Waals surface area contributed by atoms with Crippen molar-refractivity contribution in [2.45, 2.75) is 32.6 Å². The van der Waals surface area contributed by atoms with E-state index < -0.39 is 5.97 Å². The Balaban J connectivity index is 2.64. The van der Waals surface area contributed by atoms with Gasteiger partial charge in [0.15, 0.2) is 11.5 Å². The molecule has 0 fully saturated rings. The molecular formula is C14H19O4-. The summed E-state index contributed by atoms with van der Waals surface area (Å²) in [4.78, 5) is 10.5. The van der Waals surface area contributed by atoms with Gasteiger partial charge in [0.2, 0.25) is 0 Å². The zero-order chi connectivity index (χ0) is 13.4. The maximum absolute atomic E-state index is 10.5. The molecule has 0 bridgehead atoms. The second-order valence-corrected chi connectivity index (χ2v) is 4.09. The molecule has 0 saturated heterocycles. The van der Waals surface area contributed by atoms with Crippen LogP contribution < -0.4 is 14.6 Å². The van der Waals surface area contributed by atoms with Crippen LogP contribution in [0.4, 0.5) is 0 Å². The number of carboxylic acids is 1. The molecule has 0 unspecified atom stereocenters. The van der Waals surface area contributed by atoms with Crippen LogP contribution in [-0.2, 0) is 11.2 Å². The third kappa shape index (κ3) is 4.65. The summed E-state index contributed by atoms with van der Waals surface area (Å²) in [5, 5.41) is 10.5. The van der Waals surface area contributed by atoms with Gasteiger partial charge in [-0.3, -0.25) is 0 Å². The molecule has 4 heteroatoms. The topological polar surface area (TPSA) is 58.6 Å². The van der Waals surface area contributed by atoms with Crippen molar-refractivity contribution < 1.29 is 19.4 Å². The average molecular weight is 251 g/mol. The van der Waals surface area contributed by atoms with Crippen molar-refractivity contribution in [2.75, 3.05) is 13.7 Å². The normalized spacial score (nSPS) is 10.1. The molecule has 0 spiro atoms. The Morgan fingerprint density at radius 3 is 2.67 bits per heavy atom. The second kappa shape index (κ2) is 7.58. The molecule has 1 aromatic rings. The number of hydrogen-bond acceptors (Lipinski definition) is 4. The number of unbranched alkanes of at least 4 members (excludes halogenated alkanes) is 2. The second-order valence-electron chi connectivity index (χ2n) is 4.09. The van der Waals surface area contributed by atoms with Crippen molar-refractivity contribution in [3.05, 3.63) is 23.8 Å². The van der Waals surface area contributed by atoms with Crippen molar-refractivity contribution in [1.82, 2.24) is 0 Å². The van der Waals surface area contributed by atoms with Gasteiger partial charge in [0, 0.05) is 12.4 Å². The van der Waals surface area contributed by atoms with E-state index in [0.717, 1.165) is 19.3 Å². The van der Waals surface area contributed by atoms with Gasteiger partial charge in [-0.15, -0.1) is 0 Å². The molecule has 100 valence electrons. The van der Waals surface area contributed by atoms with Crippen molar-refractivity contribution in [3.8, 4) is 11.5 Å². The first-order chi connectivity index (χ1) is 8.67. The highest BCUT2D eigenvalue weighted by atomic mass is 16.5. The van der Waals surface area contributed by atoms with Gasteiger partial charge in [0.25, 0.3) is 0 Å². The number of carboxylic acid groups (broad SMARTS) is 1. The highest BCUT2D eigenvalue weighted by molar-refractivity contribution is 5.68. The Morgan fingerprint density at radius 2 is 2.06 bits per heavy atom. The fraction of sp³-hybridized carbons (Fsp3) is 0.500. The van der Waals surface area contributed by atoms with E-state index in [9.17, 15) is 9.90 Å². The fourth-order valence-corrected chi connectivity index (χ4v) is 1.64. The minimum atomic E-state index is -1.10. The SMILES string of the molecule is CCCCCOc1ccc(CC(=O)[O-])cc1OC. The molecule has 1 rings (SSSR count). The van der Waals surface area contributed by atoms with Crippen LogP contribution >= 0.6 is 0 Å². The lowest BCUT2D eigenvalue weighted by Crippen LogP contribution is -2.24. The van der Waals surface area contributed by atoms with E-state index in [4.69, 9.17) is 9.47 Å². The first kappa shape index (κ1) is 14.4. The van der Waals surface area contributed by atoms with E-state index >= 15 is 0 Å². The van der Waals surface area contributed by atoms with Crippen LogP contribution in [0.15, 0.2) is 18.2 Å². The Hall–Kier alpha value is -1.71. The molecule has 0 saturated carbocycles. The predicted molar refractivity (Wildman–Crippen MR) is 66.7 cm³/mol. The van der Waals surface area contributed by atoms with E-state index in [1.54, 1.807) is 18.2 Å². The minimum absolute atomic E-state index is 0.119. The van der Waals surface area contributed by atoms with Crippen LogP contribution in [0.2, 0.25) is 0 Å². The lowest BCUT2D eigenvalue weighted by molar-refractivity contribution is -0.304. The van der Waals surface area contributed by atoms with Crippen molar-refractivity contribution in [2.24, 2.45) is 0 Å². The number of hydrogen-bond donors (Lipinski definition) is 0. The summed E-state index contributed by atoms with van der Waals surface area (Å²) in [5.41, 5.74) is 0.646. The first-order valence-electron chi connectivity index (χ1n) is 6.17. The monoisotopic (exact) mass is 251 g/mol. The molecule has 0 N–H and O–H groups in total. The Labute approximate surface area is 108 Å². The van der Waals surface area contributed by atoms with Crippen LogP contribution in [0.3, 0.4) is 0 Å². The van der Waals surface area contributed by atoms with E-state index in [0.29, 0.717) is 23.7 Å². The molecule has 0 aliphatic carbocycles. The first-order valence-corrected chi connectivity index (χ1v) is 6.17. The van der Waals surface area contributed by atoms with Gasteiger partial charge in [-0.05, 0) is 24.1 Å². The summed E-state index contributed by atoms with van der Waals surface area (Å²) in [6, 6.07) is 5.13. The number of carbonyl (C=O) groups is 1. The summed E-state index contributed by atoms with van der Waals surface area (Å²) in [6.45, 7) is 2.78. The Bertz CT molecular complexity index is 387. The zero-order valence-corrected chi connectivity index (χ0v) is 10.9. The van der Waals surface area contributed by atoms with E-state index in [1.807, 2.05) is 0 Å². The van der Waals surface area contributed by atoms with Crippen molar-refractivity contribution in [3.63, 3.8) is 0 Å². The summed E-state index contributed by atoms with van der Waals surface area (Å²) in [5.74, 6) is 0.106. The number of carbonyl (C=O) groups excluding carboxylic acids is 1. The highest BCUT2D eigenvalue weighted by Crippen LogP contribution is 2.28. The molecule has 0 amide bonds. The molecule has 0 atom stereocenters. The minimum Gasteiger partial charge on any atom is -0.550 e. The maximum atomic E-state index is 10.5. The number of aliphatic carboxylic acids is 1. The molecule has 0 radical (unpaired) electrons. The van der Waals surface area contributed by atoms with Crippen LogP contribution in [0, 0.1) is 0 Å². The van der Waals surface area contributed by atoms with Gasteiger partial charge in [-0.25, -0.2) is 0 Å². The lowest BCUT2D eigenvalue weighted by Gasteiger charge is -2.12. The smallest absolute Gasteiger partial charge is 0.161 e. The van der Waals surface area contributed by atoms with Crippen LogP contribution in [0.5, 0.6) is 11.5 Å². The van der Waals surface area contributed by atoms with E-state index in [1.165, 1.54) is 7.11 Å². The van der Waals surface area contributed by atoms with Crippen LogP contribution in [0.1, 0.15) is 31.7 Å². The quantitative estimate of drug-likeness (QED) is 0.658. The summed E-state index contributed by atoms with van der Waals surface area (Å²) in [7, 11) is 1.54. The maximum Gasteiger partial charge on any atom is 0.161 e. The van der Waals surface area contributed by atoms with Crippen molar-refractivity contribution >= 4 is 5.97 Å². The molecule has 0 heterocycles. The summed E-state index contributed by atoms with van der Waals surface area (Å²) in [6.07, 6.45) is 3.16. The van der Waals surface area contributed by atoms with Gasteiger partial charge >= 0.3 is 0 Å². The van der Waals surface area contributed by atoms with Crippen LogP contribution in [-0.4, -0.2) is 19.7 Å². The van der Waals surface area contributed by atoms with Gasteiger partial charge in [-0.2, -0.15) is 0 Å². The lowest BCUT2D eigenvalue weighted by atomic mass is 10.1. The van der Waals surface area contributed by atoms with Gasteiger partial charge in [0.05, 0.1) is 13.7 Å². The van der Waals surface area contributed by atoms with Gasteiger partial charge < -0.3 is 19.4 Å². The molecule has 18 heavy (non-hydrogen) atoms. The van der Waals surface area contributed by atoms with Crippen LogP contribution in [0.25, 0.3) is 0 Å². The third-order valence-electron chi connectivity index (χ3n) is 2.58. The Morgan fingerprint density at radius 1 is 1.28 bits per heavy atom. The largest absolute Gasteiger partial charge is 0.550 e. The number of methoxy groups -OCH3 is 1. The van der Waals surface area contributed by atoms with E-state index in [-0.39, 0.29) is 6.42 Å². The molecule has 0 aliphatic rings. The predicted octanol–water partition coefficient (Wildman–Crippen LogP) is 1.56. The summed E-state index contributed by atoms with van der Waals surface area (Å²) < 4.78 is 10.8. The standard InChI is InChI=1S/C14H20O4/c1-3-4-5-8-18-12-7-6-11(10-14(15)16)9-13(12)17-2/h6-7,9H,3-5,8,10H2,1-2H3,(H,15,16)/p-1. The number of rotatable bonds is 8. The third-order valence-corrected chi connectivity index (χ3v) is 2.58. The molecule has 4 nitrogen and oxygen atoms in total. The zero-order valence-electron chi connectivity index (χ0n) is 10.9. The number of ether oxygens (including phenoxy) is 2. The number of benzene rings is 1. The molecule has 0 aromatic heterocycles. The molecule has 1 aromatic carbocycles. The van der Waals surface area contributed by atoms with Crippen molar-refractivity contribution in [1.29, 1.82) is 0 Å². The highest BCUT2D eigenvalue weighted by Gasteiger charge is 2.05. The van der Waals surface area contributed by atoms with Gasteiger partial charge in [0.1, 0.15) is 0 Å².